The third-order valence-corrected chi connectivity index (χ3v) is 4.74. The molecule has 0 aliphatic heterocycles. The van der Waals surface area contributed by atoms with Crippen LogP contribution in [0.25, 0.3) is 28.1 Å². The van der Waals surface area contributed by atoms with Crippen LogP contribution in [0.1, 0.15) is 37.3 Å². The van der Waals surface area contributed by atoms with Crippen LogP contribution in [0.4, 0.5) is 0 Å². The van der Waals surface area contributed by atoms with Crippen LogP contribution in [0.2, 0.25) is 0 Å². The van der Waals surface area contributed by atoms with Crippen molar-refractivity contribution >= 4 is 17.0 Å². The SMILES string of the molecule is CCCCC1=Cc2c(cccc2-c2cccc3cccnc23)C1. The van der Waals surface area contributed by atoms with Crippen molar-refractivity contribution in [1.82, 2.24) is 4.98 Å². The number of aromatic nitrogens is 1. The van der Waals surface area contributed by atoms with Gasteiger partial charge in [0.15, 0.2) is 0 Å². The molecule has 3 aromatic rings. The van der Waals surface area contributed by atoms with E-state index < -0.39 is 0 Å². The summed E-state index contributed by atoms with van der Waals surface area (Å²) >= 11 is 0. The van der Waals surface area contributed by atoms with Crippen molar-refractivity contribution in [2.24, 2.45) is 0 Å². The molecule has 0 radical (unpaired) electrons. The maximum absolute atomic E-state index is 4.63. The maximum Gasteiger partial charge on any atom is 0.0780 e. The standard InChI is InChI=1S/C22H21N/c1-2-3-7-16-14-18-9-5-11-19(21(18)15-16)20-12-4-8-17-10-6-13-23-22(17)20/h4-6,8-13,15H,2-3,7,14H2,1H3. The van der Waals surface area contributed by atoms with Gasteiger partial charge < -0.3 is 0 Å². The van der Waals surface area contributed by atoms with E-state index in [1.165, 1.54) is 46.9 Å². The largest absolute Gasteiger partial charge is 0.256 e. The average molecular weight is 299 g/mol. The normalized spacial score (nSPS) is 13.2. The fraction of sp³-hybridized carbons (Fsp3) is 0.227. The minimum Gasteiger partial charge on any atom is -0.256 e. The number of hydrogen-bond acceptors (Lipinski definition) is 1. The molecule has 1 nitrogen and oxygen atoms in total. The summed E-state index contributed by atoms with van der Waals surface area (Å²) < 4.78 is 0. The van der Waals surface area contributed by atoms with E-state index in [1.807, 2.05) is 12.3 Å². The van der Waals surface area contributed by atoms with Crippen molar-refractivity contribution in [3.8, 4) is 11.1 Å². The van der Waals surface area contributed by atoms with E-state index in [9.17, 15) is 0 Å². The summed E-state index contributed by atoms with van der Waals surface area (Å²) in [5.41, 5.74) is 8.09. The van der Waals surface area contributed by atoms with Gasteiger partial charge in [-0.3, -0.25) is 4.98 Å². The van der Waals surface area contributed by atoms with Crippen LogP contribution in [0.15, 0.2) is 60.3 Å². The van der Waals surface area contributed by atoms with Gasteiger partial charge in [-0.1, -0.05) is 67.5 Å². The zero-order valence-electron chi connectivity index (χ0n) is 13.5. The van der Waals surface area contributed by atoms with E-state index in [0.717, 1.165) is 11.9 Å². The first-order valence-corrected chi connectivity index (χ1v) is 8.52. The second kappa shape index (κ2) is 6.00. The molecule has 1 heterocycles. The topological polar surface area (TPSA) is 12.9 Å². The van der Waals surface area contributed by atoms with E-state index in [-0.39, 0.29) is 0 Å². The first kappa shape index (κ1) is 14.2. The summed E-state index contributed by atoms with van der Waals surface area (Å²) in [6.07, 6.45) is 9.18. The molecule has 1 heteroatoms. The summed E-state index contributed by atoms with van der Waals surface area (Å²) in [5, 5.41) is 1.20. The lowest BCUT2D eigenvalue weighted by Gasteiger charge is -2.10. The van der Waals surface area contributed by atoms with Crippen LogP contribution in [0, 0.1) is 0 Å². The van der Waals surface area contributed by atoms with Crippen LogP contribution in [-0.2, 0) is 6.42 Å². The fourth-order valence-corrected chi connectivity index (χ4v) is 3.56. The second-order valence-corrected chi connectivity index (χ2v) is 6.34. The second-order valence-electron chi connectivity index (χ2n) is 6.34. The molecule has 0 unspecified atom stereocenters. The van der Waals surface area contributed by atoms with Gasteiger partial charge in [0.25, 0.3) is 0 Å². The first-order chi connectivity index (χ1) is 11.4. The zero-order valence-corrected chi connectivity index (χ0v) is 13.5. The van der Waals surface area contributed by atoms with Crippen molar-refractivity contribution in [1.29, 1.82) is 0 Å². The molecule has 0 bridgehead atoms. The Balaban J connectivity index is 1.85. The summed E-state index contributed by atoms with van der Waals surface area (Å²) in [6.45, 7) is 2.26. The molecule has 0 amide bonds. The summed E-state index contributed by atoms with van der Waals surface area (Å²) in [4.78, 5) is 4.63. The van der Waals surface area contributed by atoms with Gasteiger partial charge in [0.2, 0.25) is 0 Å². The Kier molecular flexibility index (Phi) is 3.70. The number of rotatable bonds is 4. The smallest absolute Gasteiger partial charge is 0.0780 e. The zero-order chi connectivity index (χ0) is 15.6. The molecule has 114 valence electrons. The monoisotopic (exact) mass is 299 g/mol. The number of unbranched alkanes of at least 4 members (excludes halogenated alkanes) is 1. The van der Waals surface area contributed by atoms with Gasteiger partial charge in [-0.05, 0) is 42.0 Å². The average Bonchev–Trinajstić information content (AvgIpc) is 3.02. The lowest BCUT2D eigenvalue weighted by atomic mass is 9.95. The summed E-state index contributed by atoms with van der Waals surface area (Å²) in [7, 11) is 0. The van der Waals surface area contributed by atoms with Gasteiger partial charge in [0, 0.05) is 17.1 Å². The van der Waals surface area contributed by atoms with Gasteiger partial charge in [0.1, 0.15) is 0 Å². The predicted octanol–water partition coefficient (Wildman–Crippen LogP) is 6.03. The van der Waals surface area contributed by atoms with Crippen molar-refractivity contribution in [3.63, 3.8) is 0 Å². The Bertz CT molecular complexity index is 884. The minimum absolute atomic E-state index is 1.10. The molecule has 23 heavy (non-hydrogen) atoms. The van der Waals surface area contributed by atoms with Crippen molar-refractivity contribution in [2.75, 3.05) is 0 Å². The third-order valence-electron chi connectivity index (χ3n) is 4.74. The molecule has 1 aliphatic rings. The molecule has 4 rings (SSSR count). The fourth-order valence-electron chi connectivity index (χ4n) is 3.56. The predicted molar refractivity (Wildman–Crippen MR) is 98.4 cm³/mol. The van der Waals surface area contributed by atoms with E-state index in [0.29, 0.717) is 0 Å². The number of hydrogen-bond donors (Lipinski definition) is 0. The van der Waals surface area contributed by atoms with Gasteiger partial charge in [0.05, 0.1) is 5.52 Å². The van der Waals surface area contributed by atoms with E-state index in [4.69, 9.17) is 0 Å². The number of fused-ring (bicyclic) bond motifs is 2. The van der Waals surface area contributed by atoms with Crippen molar-refractivity contribution < 1.29 is 0 Å². The van der Waals surface area contributed by atoms with Crippen LogP contribution >= 0.6 is 0 Å². The maximum atomic E-state index is 4.63. The molecule has 1 aromatic heterocycles. The Hall–Kier alpha value is -2.41. The molecule has 0 atom stereocenters. The van der Waals surface area contributed by atoms with Crippen LogP contribution in [0.3, 0.4) is 0 Å². The van der Waals surface area contributed by atoms with Crippen LogP contribution in [0.5, 0.6) is 0 Å². The molecule has 0 saturated heterocycles. The third kappa shape index (κ3) is 2.57. The number of benzene rings is 2. The molecule has 2 aromatic carbocycles. The first-order valence-electron chi connectivity index (χ1n) is 8.52. The van der Waals surface area contributed by atoms with Crippen LogP contribution in [-0.4, -0.2) is 4.98 Å². The Morgan fingerprint density at radius 3 is 2.70 bits per heavy atom. The highest BCUT2D eigenvalue weighted by atomic mass is 14.6. The van der Waals surface area contributed by atoms with E-state index in [1.54, 1.807) is 5.57 Å². The number of allylic oxidation sites excluding steroid dienone is 1. The van der Waals surface area contributed by atoms with Crippen LogP contribution < -0.4 is 0 Å². The lowest BCUT2D eigenvalue weighted by molar-refractivity contribution is 0.779. The lowest BCUT2D eigenvalue weighted by Crippen LogP contribution is -1.90. The Morgan fingerprint density at radius 2 is 1.78 bits per heavy atom. The van der Waals surface area contributed by atoms with Gasteiger partial charge in [-0.2, -0.15) is 0 Å². The number of pyridine rings is 1. The molecular weight excluding hydrogens is 278 g/mol. The highest BCUT2D eigenvalue weighted by Gasteiger charge is 2.17. The van der Waals surface area contributed by atoms with Gasteiger partial charge in [-0.25, -0.2) is 0 Å². The molecule has 0 N–H and O–H groups in total. The summed E-state index contributed by atoms with van der Waals surface area (Å²) in [6, 6.07) is 17.3. The minimum atomic E-state index is 1.10. The molecule has 0 saturated carbocycles. The van der Waals surface area contributed by atoms with E-state index >= 15 is 0 Å². The molecule has 0 fully saturated rings. The van der Waals surface area contributed by atoms with Gasteiger partial charge in [-0.15, -0.1) is 0 Å². The summed E-state index contributed by atoms with van der Waals surface area (Å²) in [5.74, 6) is 0. The quantitative estimate of drug-likeness (QED) is 0.573. The van der Waals surface area contributed by atoms with E-state index in [2.05, 4.69) is 60.4 Å². The molecule has 1 aliphatic carbocycles. The number of nitrogens with zero attached hydrogens (tertiary/aromatic N) is 1. The molecular formula is C22H21N. The highest BCUT2D eigenvalue weighted by Crippen LogP contribution is 2.37. The van der Waals surface area contributed by atoms with Gasteiger partial charge >= 0.3 is 0 Å². The van der Waals surface area contributed by atoms with Crippen molar-refractivity contribution in [3.05, 3.63) is 71.4 Å². The highest BCUT2D eigenvalue weighted by molar-refractivity contribution is 5.96. The number of para-hydroxylation sites is 1. The Morgan fingerprint density at radius 1 is 0.957 bits per heavy atom. The molecule has 0 spiro atoms. The Labute approximate surface area is 137 Å². The van der Waals surface area contributed by atoms with Crippen molar-refractivity contribution in [2.45, 2.75) is 32.6 Å².